The van der Waals surface area contributed by atoms with Gasteiger partial charge < -0.3 is 15.0 Å². The summed E-state index contributed by atoms with van der Waals surface area (Å²) >= 11 is 0. The van der Waals surface area contributed by atoms with Gasteiger partial charge in [-0.15, -0.1) is 0 Å². The summed E-state index contributed by atoms with van der Waals surface area (Å²) in [5.74, 6) is -0.833. The van der Waals surface area contributed by atoms with E-state index in [9.17, 15) is 14.4 Å². The lowest BCUT2D eigenvalue weighted by Gasteiger charge is -2.35. The summed E-state index contributed by atoms with van der Waals surface area (Å²) in [7, 11) is 1.33. The number of ether oxygens (including phenoxy) is 1. The molecule has 1 unspecified atom stereocenters. The van der Waals surface area contributed by atoms with Gasteiger partial charge in [-0.2, -0.15) is 0 Å². The monoisotopic (exact) mass is 422 g/mol. The number of benzene rings is 2. The van der Waals surface area contributed by atoms with Crippen molar-refractivity contribution in [3.8, 4) is 0 Å². The Hall–Kier alpha value is -3.15. The second kappa shape index (κ2) is 9.33. The molecule has 0 aliphatic carbocycles. The third-order valence-electron chi connectivity index (χ3n) is 5.68. The van der Waals surface area contributed by atoms with Crippen molar-refractivity contribution < 1.29 is 19.1 Å². The zero-order chi connectivity index (χ0) is 22.6. The van der Waals surface area contributed by atoms with Gasteiger partial charge in [-0.05, 0) is 34.2 Å². The van der Waals surface area contributed by atoms with E-state index in [1.54, 1.807) is 17.0 Å². The van der Waals surface area contributed by atoms with Gasteiger partial charge >= 0.3 is 5.97 Å². The number of nitrogens with one attached hydrogen (secondary N) is 1. The molecule has 2 aromatic rings. The number of nitrogens with zero attached hydrogens (tertiary/aromatic N) is 1. The van der Waals surface area contributed by atoms with E-state index in [0.717, 1.165) is 16.7 Å². The van der Waals surface area contributed by atoms with Gasteiger partial charge in [-0.25, -0.2) is 4.79 Å². The number of carbonyl (C=O) groups excluding carboxylic acids is 3. The summed E-state index contributed by atoms with van der Waals surface area (Å²) in [6.45, 7) is 6.92. The van der Waals surface area contributed by atoms with Gasteiger partial charge in [0, 0.05) is 31.5 Å². The Bertz CT molecular complexity index is 960. The fourth-order valence-corrected chi connectivity index (χ4v) is 3.78. The Balaban J connectivity index is 1.60. The molecule has 2 amide bonds. The van der Waals surface area contributed by atoms with Crippen LogP contribution in [0.25, 0.3) is 0 Å². The molecule has 164 valence electrons. The molecule has 1 aliphatic rings. The molecule has 1 heterocycles. The van der Waals surface area contributed by atoms with Crippen LogP contribution in [-0.4, -0.2) is 42.4 Å². The van der Waals surface area contributed by atoms with Crippen molar-refractivity contribution in [3.63, 3.8) is 0 Å². The van der Waals surface area contributed by atoms with E-state index < -0.39 is 12.0 Å². The van der Waals surface area contributed by atoms with Crippen molar-refractivity contribution in [1.29, 1.82) is 0 Å². The zero-order valence-corrected chi connectivity index (χ0v) is 18.6. The topological polar surface area (TPSA) is 75.7 Å². The van der Waals surface area contributed by atoms with E-state index in [0.29, 0.717) is 18.5 Å². The second-order valence-corrected chi connectivity index (χ2v) is 8.87. The van der Waals surface area contributed by atoms with Gasteiger partial charge in [0.1, 0.15) is 6.04 Å². The molecule has 6 heteroatoms. The van der Waals surface area contributed by atoms with Crippen LogP contribution in [0.1, 0.15) is 54.2 Å². The first-order valence-electron chi connectivity index (χ1n) is 10.5. The molecular weight excluding hydrogens is 392 g/mol. The smallest absolute Gasteiger partial charge is 0.328 e. The molecule has 6 nitrogen and oxygen atoms in total. The first-order valence-corrected chi connectivity index (χ1v) is 10.5. The van der Waals surface area contributed by atoms with Crippen LogP contribution in [0.3, 0.4) is 0 Å². The minimum absolute atomic E-state index is 0.0185. The number of fused-ring (bicyclic) bond motifs is 1. The van der Waals surface area contributed by atoms with Gasteiger partial charge in [-0.1, -0.05) is 57.2 Å². The Kier molecular flexibility index (Phi) is 6.78. The number of amides is 2. The van der Waals surface area contributed by atoms with E-state index in [4.69, 9.17) is 4.74 Å². The molecule has 0 bridgehead atoms. The number of rotatable bonds is 5. The van der Waals surface area contributed by atoms with E-state index in [1.807, 2.05) is 36.4 Å². The standard InChI is InChI=1S/C25H30N2O4/c1-25(2,3)20-11-9-17(10-12-20)23(29)26-14-13-22(28)27-16-19-8-6-5-7-18(19)15-21(27)24(30)31-4/h5-12,21H,13-16H2,1-4H3,(H,26,29). The van der Waals surface area contributed by atoms with Crippen molar-refractivity contribution in [2.24, 2.45) is 0 Å². The normalized spacial score (nSPS) is 15.7. The summed E-state index contributed by atoms with van der Waals surface area (Å²) < 4.78 is 4.92. The van der Waals surface area contributed by atoms with E-state index in [2.05, 4.69) is 26.1 Å². The van der Waals surface area contributed by atoms with Crippen LogP contribution in [-0.2, 0) is 32.7 Å². The zero-order valence-electron chi connectivity index (χ0n) is 18.6. The number of hydrogen-bond acceptors (Lipinski definition) is 4. The first kappa shape index (κ1) is 22.5. The number of carbonyl (C=O) groups is 3. The maximum absolute atomic E-state index is 12.9. The Labute approximate surface area is 183 Å². The minimum atomic E-state index is -0.645. The third kappa shape index (κ3) is 5.32. The lowest BCUT2D eigenvalue weighted by atomic mass is 9.87. The molecule has 0 spiro atoms. The predicted molar refractivity (Wildman–Crippen MR) is 119 cm³/mol. The highest BCUT2D eigenvalue weighted by atomic mass is 16.5. The largest absolute Gasteiger partial charge is 0.467 e. The second-order valence-electron chi connectivity index (χ2n) is 8.87. The molecule has 1 N–H and O–H groups in total. The van der Waals surface area contributed by atoms with E-state index >= 15 is 0 Å². The third-order valence-corrected chi connectivity index (χ3v) is 5.68. The quantitative estimate of drug-likeness (QED) is 0.751. The molecule has 0 fully saturated rings. The Morgan fingerprint density at radius 1 is 1.03 bits per heavy atom. The molecule has 1 atom stereocenters. The van der Waals surface area contributed by atoms with E-state index in [-0.39, 0.29) is 30.2 Å². The first-order chi connectivity index (χ1) is 14.7. The Morgan fingerprint density at radius 3 is 2.29 bits per heavy atom. The average Bonchev–Trinajstić information content (AvgIpc) is 2.76. The van der Waals surface area contributed by atoms with Crippen LogP contribution in [0.5, 0.6) is 0 Å². The summed E-state index contributed by atoms with van der Waals surface area (Å²) in [5, 5.41) is 2.80. The lowest BCUT2D eigenvalue weighted by molar-refractivity contribution is -0.154. The van der Waals surface area contributed by atoms with Gasteiger partial charge in [0.05, 0.1) is 7.11 Å². The molecule has 3 rings (SSSR count). The molecule has 31 heavy (non-hydrogen) atoms. The highest BCUT2D eigenvalue weighted by Gasteiger charge is 2.34. The lowest BCUT2D eigenvalue weighted by Crippen LogP contribution is -2.49. The van der Waals surface area contributed by atoms with Crippen LogP contribution in [0.15, 0.2) is 48.5 Å². The minimum Gasteiger partial charge on any atom is -0.467 e. The molecule has 0 saturated carbocycles. The van der Waals surface area contributed by atoms with E-state index in [1.165, 1.54) is 7.11 Å². The van der Waals surface area contributed by atoms with Crippen LogP contribution < -0.4 is 5.32 Å². The van der Waals surface area contributed by atoms with Crippen molar-refractivity contribution in [2.45, 2.75) is 51.6 Å². The van der Waals surface area contributed by atoms with Crippen molar-refractivity contribution in [3.05, 3.63) is 70.8 Å². The van der Waals surface area contributed by atoms with Gasteiger partial charge in [-0.3, -0.25) is 9.59 Å². The summed E-state index contributed by atoms with van der Waals surface area (Å²) in [4.78, 5) is 39.1. The van der Waals surface area contributed by atoms with Crippen molar-refractivity contribution >= 4 is 17.8 Å². The summed E-state index contributed by atoms with van der Waals surface area (Å²) in [6, 6.07) is 14.6. The molecule has 0 aromatic heterocycles. The van der Waals surface area contributed by atoms with Crippen LogP contribution in [0.4, 0.5) is 0 Å². The predicted octanol–water partition coefficient (Wildman–Crippen LogP) is 3.23. The van der Waals surface area contributed by atoms with Gasteiger partial charge in [0.2, 0.25) is 5.91 Å². The molecule has 0 radical (unpaired) electrons. The highest BCUT2D eigenvalue weighted by Crippen LogP contribution is 2.25. The highest BCUT2D eigenvalue weighted by molar-refractivity contribution is 5.94. The molecule has 2 aromatic carbocycles. The Morgan fingerprint density at radius 2 is 1.68 bits per heavy atom. The maximum atomic E-state index is 12.9. The summed E-state index contributed by atoms with van der Waals surface area (Å²) in [6.07, 6.45) is 0.544. The molecule has 1 aliphatic heterocycles. The van der Waals surface area contributed by atoms with Crippen LogP contribution in [0.2, 0.25) is 0 Å². The average molecular weight is 423 g/mol. The van der Waals surface area contributed by atoms with Crippen LogP contribution in [0, 0.1) is 0 Å². The van der Waals surface area contributed by atoms with Gasteiger partial charge in [0.15, 0.2) is 0 Å². The summed E-state index contributed by atoms with van der Waals surface area (Å²) in [5.41, 5.74) is 3.80. The number of hydrogen-bond donors (Lipinski definition) is 1. The van der Waals surface area contributed by atoms with Gasteiger partial charge in [0.25, 0.3) is 5.91 Å². The fraction of sp³-hybridized carbons (Fsp3) is 0.400. The van der Waals surface area contributed by atoms with Crippen molar-refractivity contribution in [2.75, 3.05) is 13.7 Å². The maximum Gasteiger partial charge on any atom is 0.328 e. The van der Waals surface area contributed by atoms with Crippen LogP contribution >= 0.6 is 0 Å². The molecule has 0 saturated heterocycles. The SMILES string of the molecule is COC(=O)C1Cc2ccccc2CN1C(=O)CCNC(=O)c1ccc(C(C)(C)C)cc1. The molecular formula is C25H30N2O4. The number of esters is 1. The van der Waals surface area contributed by atoms with Crippen molar-refractivity contribution in [1.82, 2.24) is 10.2 Å². The fourth-order valence-electron chi connectivity index (χ4n) is 3.78. The number of methoxy groups -OCH3 is 1.